The van der Waals surface area contributed by atoms with Crippen molar-refractivity contribution in [3.05, 3.63) is 70.8 Å². The lowest BCUT2D eigenvalue weighted by Crippen LogP contribution is -2.14. The van der Waals surface area contributed by atoms with Gasteiger partial charge in [0.25, 0.3) is 0 Å². The maximum atomic E-state index is 2.34. The molecule has 2 rings (SSSR count). The van der Waals surface area contributed by atoms with Gasteiger partial charge in [0.2, 0.25) is 0 Å². The topological polar surface area (TPSA) is 0 Å². The van der Waals surface area contributed by atoms with Crippen molar-refractivity contribution in [1.29, 1.82) is 0 Å². The third-order valence-corrected chi connectivity index (χ3v) is 4.80. The van der Waals surface area contributed by atoms with Crippen LogP contribution < -0.4 is 0 Å². The number of benzene rings is 2. The Balaban J connectivity index is 2.38. The fraction of sp³-hybridized carbons (Fsp3) is 0.455. The Bertz CT molecular complexity index is 502. The van der Waals surface area contributed by atoms with Crippen LogP contribution >= 0.6 is 0 Å². The van der Waals surface area contributed by atoms with Crippen LogP contribution in [0.25, 0.3) is 0 Å². The summed E-state index contributed by atoms with van der Waals surface area (Å²) in [7, 11) is 0. The Hall–Kier alpha value is -1.56. The van der Waals surface area contributed by atoms with Gasteiger partial charge in [0.15, 0.2) is 0 Å². The molecule has 0 aliphatic rings. The predicted octanol–water partition coefficient (Wildman–Crippen LogP) is 6.65. The van der Waals surface area contributed by atoms with Crippen LogP contribution in [0.5, 0.6) is 0 Å². The lowest BCUT2D eigenvalue weighted by atomic mass is 9.77. The zero-order chi connectivity index (χ0) is 15.9. The van der Waals surface area contributed by atoms with E-state index in [0.29, 0.717) is 5.92 Å². The molecule has 0 aliphatic carbocycles. The van der Waals surface area contributed by atoms with Crippen molar-refractivity contribution in [3.8, 4) is 0 Å². The predicted molar refractivity (Wildman–Crippen MR) is 97.5 cm³/mol. The van der Waals surface area contributed by atoms with E-state index < -0.39 is 0 Å². The van der Waals surface area contributed by atoms with Crippen molar-refractivity contribution >= 4 is 0 Å². The molecule has 1 atom stereocenters. The summed E-state index contributed by atoms with van der Waals surface area (Å²) in [6.45, 7) is 8.97. The summed E-state index contributed by atoms with van der Waals surface area (Å²) in [5.74, 6) is 1.25. The molecule has 2 aromatic rings. The van der Waals surface area contributed by atoms with Gasteiger partial charge in [-0.1, -0.05) is 92.8 Å². The number of hydrogen-bond acceptors (Lipinski definition) is 0. The quantitative estimate of drug-likeness (QED) is 0.536. The molecule has 0 spiro atoms. The van der Waals surface area contributed by atoms with Gasteiger partial charge >= 0.3 is 0 Å². The van der Waals surface area contributed by atoms with Crippen LogP contribution in [-0.2, 0) is 0 Å². The van der Waals surface area contributed by atoms with Gasteiger partial charge in [0.05, 0.1) is 0 Å². The molecular formula is C22H30. The largest absolute Gasteiger partial charge is 0.0654 e. The smallest absolute Gasteiger partial charge is 0.0117 e. The Kier molecular flexibility index (Phi) is 6.24. The average molecular weight is 294 g/mol. The summed E-state index contributed by atoms with van der Waals surface area (Å²) >= 11 is 0. The highest BCUT2D eigenvalue weighted by Gasteiger charge is 2.23. The highest BCUT2D eigenvalue weighted by atomic mass is 14.3. The van der Waals surface area contributed by atoms with E-state index in [2.05, 4.69) is 76.2 Å². The molecule has 0 fully saturated rings. The molecule has 0 saturated heterocycles. The maximum absolute atomic E-state index is 2.34. The van der Waals surface area contributed by atoms with Gasteiger partial charge in [-0.15, -0.1) is 0 Å². The minimum absolute atomic E-state index is 0.526. The Morgan fingerprint density at radius 2 is 1.18 bits per heavy atom. The van der Waals surface area contributed by atoms with Crippen LogP contribution in [0.15, 0.2) is 48.5 Å². The second kappa shape index (κ2) is 8.17. The van der Waals surface area contributed by atoms with Crippen molar-refractivity contribution in [1.82, 2.24) is 0 Å². The van der Waals surface area contributed by atoms with Crippen molar-refractivity contribution in [2.45, 2.75) is 59.3 Å². The lowest BCUT2D eigenvalue weighted by molar-refractivity contribution is 0.406. The first-order chi connectivity index (χ1) is 10.7. The molecule has 0 aliphatic heterocycles. The van der Waals surface area contributed by atoms with Gasteiger partial charge in [-0.2, -0.15) is 0 Å². The normalized spacial score (nSPS) is 12.6. The molecular weight excluding hydrogens is 264 g/mol. The fourth-order valence-electron chi connectivity index (χ4n) is 3.36. The van der Waals surface area contributed by atoms with Crippen LogP contribution in [0.4, 0.5) is 0 Å². The zero-order valence-electron chi connectivity index (χ0n) is 14.6. The third kappa shape index (κ3) is 4.22. The summed E-state index contributed by atoms with van der Waals surface area (Å²) in [5, 5.41) is 0. The number of rotatable bonds is 7. The van der Waals surface area contributed by atoms with Crippen LogP contribution in [0.1, 0.15) is 67.7 Å². The Morgan fingerprint density at radius 3 is 1.55 bits per heavy atom. The second-order valence-electron chi connectivity index (χ2n) is 6.61. The van der Waals surface area contributed by atoms with Crippen molar-refractivity contribution in [2.24, 2.45) is 5.92 Å². The number of unbranched alkanes of at least 4 members (excludes halogenated alkanes) is 1. The molecule has 0 N–H and O–H groups in total. The third-order valence-electron chi connectivity index (χ3n) is 4.80. The van der Waals surface area contributed by atoms with E-state index in [0.717, 1.165) is 5.92 Å². The summed E-state index contributed by atoms with van der Waals surface area (Å²) in [4.78, 5) is 0. The summed E-state index contributed by atoms with van der Waals surface area (Å²) in [6.07, 6.45) is 5.17. The van der Waals surface area contributed by atoms with Gasteiger partial charge in [0.1, 0.15) is 0 Å². The van der Waals surface area contributed by atoms with Crippen LogP contribution in [0.2, 0.25) is 0 Å². The zero-order valence-corrected chi connectivity index (χ0v) is 14.6. The summed E-state index contributed by atoms with van der Waals surface area (Å²) in [6, 6.07) is 18.3. The highest BCUT2D eigenvalue weighted by molar-refractivity contribution is 5.36. The molecule has 1 unspecified atom stereocenters. The molecule has 118 valence electrons. The molecule has 0 amide bonds. The van der Waals surface area contributed by atoms with Gasteiger partial charge in [-0.25, -0.2) is 0 Å². The minimum Gasteiger partial charge on any atom is -0.0654 e. The van der Waals surface area contributed by atoms with Crippen molar-refractivity contribution in [3.63, 3.8) is 0 Å². The monoisotopic (exact) mass is 294 g/mol. The molecule has 0 radical (unpaired) electrons. The van der Waals surface area contributed by atoms with Crippen LogP contribution in [0.3, 0.4) is 0 Å². The summed E-state index contributed by atoms with van der Waals surface area (Å²) in [5.41, 5.74) is 5.62. The molecule has 2 aromatic carbocycles. The van der Waals surface area contributed by atoms with E-state index in [1.807, 2.05) is 0 Å². The SMILES string of the molecule is CCCCC(CC)C(c1ccc(C)cc1)c1ccc(C)cc1. The second-order valence-corrected chi connectivity index (χ2v) is 6.61. The average Bonchev–Trinajstić information content (AvgIpc) is 2.54. The molecule has 0 saturated carbocycles. The van der Waals surface area contributed by atoms with Gasteiger partial charge in [-0.3, -0.25) is 0 Å². The molecule has 0 heterocycles. The van der Waals surface area contributed by atoms with Gasteiger partial charge < -0.3 is 0 Å². The van der Waals surface area contributed by atoms with Crippen LogP contribution in [-0.4, -0.2) is 0 Å². The lowest BCUT2D eigenvalue weighted by Gasteiger charge is -2.28. The number of hydrogen-bond donors (Lipinski definition) is 0. The first-order valence-corrected chi connectivity index (χ1v) is 8.78. The Morgan fingerprint density at radius 1 is 0.727 bits per heavy atom. The standard InChI is InChI=1S/C22H30/c1-5-7-8-19(6-2)22(20-13-9-17(3)10-14-20)21-15-11-18(4)12-16-21/h9-16,19,22H,5-8H2,1-4H3. The number of aryl methyl sites for hydroxylation is 2. The van der Waals surface area contributed by atoms with Gasteiger partial charge in [-0.05, 0) is 37.3 Å². The Labute approximate surface area is 136 Å². The highest BCUT2D eigenvalue weighted by Crippen LogP contribution is 2.37. The van der Waals surface area contributed by atoms with E-state index in [1.54, 1.807) is 0 Å². The maximum Gasteiger partial charge on any atom is 0.0117 e. The minimum atomic E-state index is 0.526. The molecule has 0 heteroatoms. The fourth-order valence-corrected chi connectivity index (χ4v) is 3.36. The molecule has 0 aromatic heterocycles. The first kappa shape index (κ1) is 16.8. The molecule has 0 bridgehead atoms. The molecule has 22 heavy (non-hydrogen) atoms. The summed E-state index contributed by atoms with van der Waals surface area (Å²) < 4.78 is 0. The van der Waals surface area contributed by atoms with Crippen molar-refractivity contribution in [2.75, 3.05) is 0 Å². The van der Waals surface area contributed by atoms with E-state index in [1.165, 1.54) is 47.9 Å². The van der Waals surface area contributed by atoms with E-state index in [4.69, 9.17) is 0 Å². The van der Waals surface area contributed by atoms with E-state index in [9.17, 15) is 0 Å². The first-order valence-electron chi connectivity index (χ1n) is 8.78. The van der Waals surface area contributed by atoms with E-state index in [-0.39, 0.29) is 0 Å². The van der Waals surface area contributed by atoms with Crippen LogP contribution in [0, 0.1) is 19.8 Å². The van der Waals surface area contributed by atoms with Gasteiger partial charge in [0, 0.05) is 5.92 Å². The molecule has 0 nitrogen and oxygen atoms in total. The van der Waals surface area contributed by atoms with E-state index >= 15 is 0 Å². The van der Waals surface area contributed by atoms with Crippen molar-refractivity contribution < 1.29 is 0 Å².